The van der Waals surface area contributed by atoms with Crippen LogP contribution < -0.4 is 0 Å². The molecular weight excluding hydrogens is 347 g/mol. The first kappa shape index (κ1) is 13.3. The van der Waals surface area contributed by atoms with E-state index >= 15 is 0 Å². The lowest BCUT2D eigenvalue weighted by molar-refractivity contribution is 0.101. The van der Waals surface area contributed by atoms with Crippen molar-refractivity contribution in [2.24, 2.45) is 0 Å². The standard InChI is InChI=1S/C15H7BrClFO2/c16-11-5-4-9(18)7-10(11)14(19)13-6-8-2-1-3-12(17)15(8)20-13/h1-7H. The lowest BCUT2D eigenvalue weighted by Crippen LogP contribution is -2.01. The summed E-state index contributed by atoms with van der Waals surface area (Å²) in [6.07, 6.45) is 0. The fourth-order valence-corrected chi connectivity index (χ4v) is 2.59. The van der Waals surface area contributed by atoms with Crippen LogP contribution in [0.2, 0.25) is 5.02 Å². The highest BCUT2D eigenvalue weighted by Crippen LogP contribution is 2.29. The molecule has 0 saturated heterocycles. The van der Waals surface area contributed by atoms with E-state index in [9.17, 15) is 9.18 Å². The summed E-state index contributed by atoms with van der Waals surface area (Å²) >= 11 is 9.23. The number of hydrogen-bond donors (Lipinski definition) is 0. The van der Waals surface area contributed by atoms with Gasteiger partial charge in [-0.15, -0.1) is 0 Å². The maximum atomic E-state index is 13.3. The molecule has 0 aliphatic carbocycles. The van der Waals surface area contributed by atoms with Crippen LogP contribution in [-0.4, -0.2) is 5.78 Å². The summed E-state index contributed by atoms with van der Waals surface area (Å²) in [5.41, 5.74) is 0.658. The number of benzene rings is 2. The van der Waals surface area contributed by atoms with Gasteiger partial charge in [-0.1, -0.05) is 39.7 Å². The number of carbonyl (C=O) groups excluding carboxylic acids is 1. The van der Waals surface area contributed by atoms with Crippen LogP contribution in [0.1, 0.15) is 16.1 Å². The fourth-order valence-electron chi connectivity index (χ4n) is 1.94. The second kappa shape index (κ2) is 5.04. The number of halogens is 3. The Morgan fingerprint density at radius 2 is 2.00 bits per heavy atom. The zero-order chi connectivity index (χ0) is 14.3. The van der Waals surface area contributed by atoms with Gasteiger partial charge >= 0.3 is 0 Å². The van der Waals surface area contributed by atoms with Crippen molar-refractivity contribution >= 4 is 44.3 Å². The van der Waals surface area contributed by atoms with Gasteiger partial charge in [0.2, 0.25) is 5.78 Å². The second-order valence-corrected chi connectivity index (χ2v) is 5.48. The highest BCUT2D eigenvalue weighted by atomic mass is 79.9. The van der Waals surface area contributed by atoms with E-state index in [4.69, 9.17) is 16.0 Å². The normalized spacial score (nSPS) is 10.9. The first-order valence-electron chi connectivity index (χ1n) is 5.74. The van der Waals surface area contributed by atoms with E-state index in [0.717, 1.165) is 5.39 Å². The Bertz CT molecular complexity index is 826. The molecular formula is C15H7BrClFO2. The van der Waals surface area contributed by atoms with Crippen molar-refractivity contribution in [1.82, 2.24) is 0 Å². The van der Waals surface area contributed by atoms with Crippen molar-refractivity contribution in [2.75, 3.05) is 0 Å². The van der Waals surface area contributed by atoms with Crippen molar-refractivity contribution in [2.45, 2.75) is 0 Å². The maximum absolute atomic E-state index is 13.3. The van der Waals surface area contributed by atoms with Crippen LogP contribution >= 0.6 is 27.5 Å². The van der Waals surface area contributed by atoms with Gasteiger partial charge in [0.15, 0.2) is 11.3 Å². The molecule has 0 aliphatic rings. The van der Waals surface area contributed by atoms with Gasteiger partial charge in [0.25, 0.3) is 0 Å². The second-order valence-electron chi connectivity index (χ2n) is 4.22. The zero-order valence-corrected chi connectivity index (χ0v) is 12.3. The Balaban J connectivity index is 2.13. The number of furan rings is 1. The largest absolute Gasteiger partial charge is 0.451 e. The van der Waals surface area contributed by atoms with Crippen LogP contribution in [0.25, 0.3) is 11.0 Å². The molecule has 0 amide bonds. The van der Waals surface area contributed by atoms with Gasteiger partial charge in [0, 0.05) is 15.4 Å². The van der Waals surface area contributed by atoms with Crippen LogP contribution in [0.3, 0.4) is 0 Å². The number of hydrogen-bond acceptors (Lipinski definition) is 2. The maximum Gasteiger partial charge on any atom is 0.229 e. The summed E-state index contributed by atoms with van der Waals surface area (Å²) < 4.78 is 19.3. The number of ketones is 1. The summed E-state index contributed by atoms with van der Waals surface area (Å²) in [4.78, 5) is 12.4. The minimum Gasteiger partial charge on any atom is -0.451 e. The van der Waals surface area contributed by atoms with Crippen LogP contribution in [0.4, 0.5) is 4.39 Å². The molecule has 0 unspecified atom stereocenters. The van der Waals surface area contributed by atoms with E-state index in [1.807, 2.05) is 0 Å². The minimum atomic E-state index is -0.481. The van der Waals surface area contributed by atoms with Gasteiger partial charge in [-0.05, 0) is 30.3 Å². The van der Waals surface area contributed by atoms with Gasteiger partial charge in [0.1, 0.15) is 5.82 Å². The highest BCUT2D eigenvalue weighted by molar-refractivity contribution is 9.10. The molecule has 0 saturated carbocycles. The van der Waals surface area contributed by atoms with Crippen LogP contribution in [0, 0.1) is 5.82 Å². The van der Waals surface area contributed by atoms with Gasteiger partial charge in [0.05, 0.1) is 5.02 Å². The first-order valence-corrected chi connectivity index (χ1v) is 6.91. The lowest BCUT2D eigenvalue weighted by Gasteiger charge is -2.01. The third-order valence-corrected chi connectivity index (χ3v) is 3.88. The molecule has 100 valence electrons. The Hall–Kier alpha value is -1.65. The molecule has 0 aliphatic heterocycles. The fraction of sp³-hybridized carbons (Fsp3) is 0. The molecule has 0 bridgehead atoms. The van der Waals surface area contributed by atoms with E-state index in [2.05, 4.69) is 15.9 Å². The Kier molecular flexibility index (Phi) is 3.36. The molecule has 3 aromatic rings. The van der Waals surface area contributed by atoms with Crippen molar-refractivity contribution in [3.05, 3.63) is 69.1 Å². The number of para-hydroxylation sites is 1. The van der Waals surface area contributed by atoms with E-state index in [0.29, 0.717) is 15.1 Å². The quantitative estimate of drug-likeness (QED) is 0.591. The molecule has 2 aromatic carbocycles. The van der Waals surface area contributed by atoms with Crippen LogP contribution in [-0.2, 0) is 0 Å². The average Bonchev–Trinajstić information content (AvgIpc) is 2.86. The smallest absolute Gasteiger partial charge is 0.229 e. The third-order valence-electron chi connectivity index (χ3n) is 2.89. The zero-order valence-electron chi connectivity index (χ0n) is 9.99. The molecule has 5 heteroatoms. The van der Waals surface area contributed by atoms with Crippen LogP contribution in [0.5, 0.6) is 0 Å². The molecule has 0 atom stereocenters. The SMILES string of the molecule is O=C(c1cc2cccc(Cl)c2o1)c1cc(F)ccc1Br. The van der Waals surface area contributed by atoms with Gasteiger partial charge in [-0.3, -0.25) is 4.79 Å². The van der Waals surface area contributed by atoms with Gasteiger partial charge < -0.3 is 4.42 Å². The molecule has 3 rings (SSSR count). The first-order chi connectivity index (χ1) is 9.56. The van der Waals surface area contributed by atoms with Crippen molar-refractivity contribution in [1.29, 1.82) is 0 Å². The Labute approximate surface area is 127 Å². The Morgan fingerprint density at radius 1 is 1.20 bits per heavy atom. The van der Waals surface area contributed by atoms with Crippen molar-refractivity contribution in [3.8, 4) is 0 Å². The summed E-state index contributed by atoms with van der Waals surface area (Å²) in [5.74, 6) is -0.756. The molecule has 1 aromatic heterocycles. The molecule has 0 spiro atoms. The van der Waals surface area contributed by atoms with Crippen LogP contribution in [0.15, 0.2) is 51.4 Å². The van der Waals surface area contributed by atoms with Crippen molar-refractivity contribution in [3.63, 3.8) is 0 Å². The number of rotatable bonds is 2. The highest BCUT2D eigenvalue weighted by Gasteiger charge is 2.18. The third kappa shape index (κ3) is 2.25. The monoisotopic (exact) mass is 352 g/mol. The average molecular weight is 354 g/mol. The van der Waals surface area contributed by atoms with Gasteiger partial charge in [-0.25, -0.2) is 4.39 Å². The summed E-state index contributed by atoms with van der Waals surface area (Å²) in [6.45, 7) is 0. The Morgan fingerprint density at radius 3 is 2.75 bits per heavy atom. The molecule has 0 radical (unpaired) electrons. The van der Waals surface area contributed by atoms with Crippen molar-refractivity contribution < 1.29 is 13.6 Å². The molecule has 0 fully saturated rings. The van der Waals surface area contributed by atoms with E-state index in [-0.39, 0.29) is 11.3 Å². The van der Waals surface area contributed by atoms with E-state index in [1.165, 1.54) is 18.2 Å². The van der Waals surface area contributed by atoms with E-state index in [1.54, 1.807) is 24.3 Å². The number of fused-ring (bicyclic) bond motifs is 1. The predicted molar refractivity (Wildman–Crippen MR) is 78.8 cm³/mol. The molecule has 1 heterocycles. The predicted octanol–water partition coefficient (Wildman–Crippen LogP) is 5.22. The van der Waals surface area contributed by atoms with Gasteiger partial charge in [-0.2, -0.15) is 0 Å². The summed E-state index contributed by atoms with van der Waals surface area (Å²) in [7, 11) is 0. The van der Waals surface area contributed by atoms with E-state index < -0.39 is 11.6 Å². The number of carbonyl (C=O) groups is 1. The lowest BCUT2D eigenvalue weighted by atomic mass is 10.1. The molecule has 0 N–H and O–H groups in total. The minimum absolute atomic E-state index is 0.124. The summed E-state index contributed by atoms with van der Waals surface area (Å²) in [6, 6.07) is 10.8. The summed E-state index contributed by atoms with van der Waals surface area (Å²) in [5, 5.41) is 1.16. The topological polar surface area (TPSA) is 30.2 Å². The molecule has 2 nitrogen and oxygen atoms in total. The molecule has 20 heavy (non-hydrogen) atoms.